The number of hydrogen-bond donors (Lipinski definition) is 1. The molecule has 2 aromatic carbocycles. The lowest BCUT2D eigenvalue weighted by molar-refractivity contribution is 0.254. The molecule has 0 aliphatic heterocycles. The second-order valence-corrected chi connectivity index (χ2v) is 8.91. The molecule has 0 bridgehead atoms. The highest BCUT2D eigenvalue weighted by molar-refractivity contribution is 7.89. The van der Waals surface area contributed by atoms with Crippen molar-refractivity contribution in [2.45, 2.75) is 37.6 Å². The van der Waals surface area contributed by atoms with Crippen LogP contribution in [-0.4, -0.2) is 37.1 Å². The summed E-state index contributed by atoms with van der Waals surface area (Å²) in [5.74, 6) is 0.580. The van der Waals surface area contributed by atoms with Crippen LogP contribution in [0.5, 0.6) is 0 Å². The number of hydrogen-bond acceptors (Lipinski definition) is 6. The van der Waals surface area contributed by atoms with Crippen LogP contribution in [0.15, 0.2) is 51.9 Å². The van der Waals surface area contributed by atoms with Gasteiger partial charge in [0.25, 0.3) is 0 Å². The van der Waals surface area contributed by atoms with Gasteiger partial charge in [0, 0.05) is 18.0 Å². The zero-order valence-electron chi connectivity index (χ0n) is 17.2. The highest BCUT2D eigenvalue weighted by Gasteiger charge is 2.15. The lowest BCUT2D eigenvalue weighted by Gasteiger charge is -2.25. The van der Waals surface area contributed by atoms with E-state index in [1.165, 1.54) is 18.2 Å². The minimum Gasteiger partial charge on any atom is -0.339 e. The largest absolute Gasteiger partial charge is 0.339 e. The van der Waals surface area contributed by atoms with Gasteiger partial charge in [0.05, 0.1) is 4.90 Å². The first kappa shape index (κ1) is 22.1. The molecule has 0 spiro atoms. The van der Waals surface area contributed by atoms with Crippen molar-refractivity contribution in [1.29, 1.82) is 0 Å². The quantitative estimate of drug-likeness (QED) is 0.585. The molecular formula is C21H25FN4O3S. The molecule has 2 N–H and O–H groups in total. The second-order valence-electron chi connectivity index (χ2n) is 7.35. The topological polar surface area (TPSA) is 102 Å². The van der Waals surface area contributed by atoms with E-state index in [-0.39, 0.29) is 16.8 Å². The molecule has 1 heterocycles. The number of nitrogens with zero attached hydrogens (tertiary/aromatic N) is 3. The molecule has 0 fully saturated rings. The molecule has 3 aromatic rings. The number of nitrogens with two attached hydrogens (primary N) is 1. The Morgan fingerprint density at radius 1 is 1.20 bits per heavy atom. The van der Waals surface area contributed by atoms with Crippen LogP contribution in [0, 0.1) is 12.7 Å². The van der Waals surface area contributed by atoms with E-state index < -0.39 is 10.0 Å². The zero-order chi connectivity index (χ0) is 21.9. The molecular weight excluding hydrogens is 407 g/mol. The van der Waals surface area contributed by atoms with Crippen molar-refractivity contribution in [2.75, 3.05) is 13.6 Å². The highest BCUT2D eigenvalue weighted by atomic mass is 32.2. The third kappa shape index (κ3) is 5.29. The SMILES string of the molecule is Cc1ccc(-c2noc(CCCN(C)C(C)c3ccc(S(N)(=O)=O)cc3)n2)cc1F. The van der Waals surface area contributed by atoms with Gasteiger partial charge in [0.15, 0.2) is 0 Å². The molecule has 3 rings (SSSR count). The van der Waals surface area contributed by atoms with Gasteiger partial charge in [-0.15, -0.1) is 0 Å². The molecule has 0 aliphatic carbocycles. The Hall–Kier alpha value is -2.62. The first-order chi connectivity index (χ1) is 14.1. The number of aromatic nitrogens is 2. The minimum absolute atomic E-state index is 0.0910. The molecule has 30 heavy (non-hydrogen) atoms. The summed E-state index contributed by atoms with van der Waals surface area (Å²) >= 11 is 0. The molecule has 1 unspecified atom stereocenters. The summed E-state index contributed by atoms with van der Waals surface area (Å²) in [5, 5.41) is 9.08. The van der Waals surface area contributed by atoms with Crippen molar-refractivity contribution in [3.63, 3.8) is 0 Å². The van der Waals surface area contributed by atoms with Gasteiger partial charge in [0.1, 0.15) is 5.82 Å². The monoisotopic (exact) mass is 432 g/mol. The van der Waals surface area contributed by atoms with E-state index in [9.17, 15) is 12.8 Å². The van der Waals surface area contributed by atoms with Gasteiger partial charge in [-0.05, 0) is 63.2 Å². The van der Waals surface area contributed by atoms with E-state index in [0.29, 0.717) is 29.3 Å². The average Bonchev–Trinajstić information content (AvgIpc) is 3.17. The van der Waals surface area contributed by atoms with Crippen molar-refractivity contribution in [3.05, 3.63) is 65.3 Å². The maximum atomic E-state index is 13.7. The molecule has 9 heteroatoms. The van der Waals surface area contributed by atoms with Crippen LogP contribution in [-0.2, 0) is 16.4 Å². The summed E-state index contributed by atoms with van der Waals surface area (Å²) in [7, 11) is -1.70. The van der Waals surface area contributed by atoms with Gasteiger partial charge >= 0.3 is 0 Å². The number of primary sulfonamides is 1. The molecule has 0 radical (unpaired) electrons. The van der Waals surface area contributed by atoms with Crippen molar-refractivity contribution in [2.24, 2.45) is 5.14 Å². The highest BCUT2D eigenvalue weighted by Crippen LogP contribution is 2.22. The van der Waals surface area contributed by atoms with Gasteiger partial charge in [-0.2, -0.15) is 4.98 Å². The van der Waals surface area contributed by atoms with Crippen LogP contribution in [0.1, 0.15) is 36.4 Å². The summed E-state index contributed by atoms with van der Waals surface area (Å²) in [6.07, 6.45) is 1.39. The lowest BCUT2D eigenvalue weighted by Crippen LogP contribution is -2.24. The molecule has 160 valence electrons. The van der Waals surface area contributed by atoms with Gasteiger partial charge in [0.2, 0.25) is 21.7 Å². The number of halogens is 1. The van der Waals surface area contributed by atoms with Crippen LogP contribution >= 0.6 is 0 Å². The van der Waals surface area contributed by atoms with Gasteiger partial charge in [-0.3, -0.25) is 4.90 Å². The summed E-state index contributed by atoms with van der Waals surface area (Å²) in [4.78, 5) is 6.60. The van der Waals surface area contributed by atoms with E-state index in [1.54, 1.807) is 31.2 Å². The molecule has 1 aromatic heterocycles. The first-order valence-corrected chi connectivity index (χ1v) is 11.1. The van der Waals surface area contributed by atoms with Crippen molar-refractivity contribution < 1.29 is 17.3 Å². The first-order valence-electron chi connectivity index (χ1n) is 9.57. The molecule has 0 saturated heterocycles. The van der Waals surface area contributed by atoms with Gasteiger partial charge in [-0.25, -0.2) is 17.9 Å². The molecule has 7 nitrogen and oxygen atoms in total. The second kappa shape index (κ2) is 9.03. The molecule has 0 amide bonds. The zero-order valence-corrected chi connectivity index (χ0v) is 18.0. The summed E-state index contributed by atoms with van der Waals surface area (Å²) < 4.78 is 41.8. The Kier molecular flexibility index (Phi) is 6.64. The Morgan fingerprint density at radius 2 is 1.90 bits per heavy atom. The molecule has 1 atom stereocenters. The van der Waals surface area contributed by atoms with Crippen LogP contribution in [0.2, 0.25) is 0 Å². The Bertz CT molecular complexity index is 1110. The average molecular weight is 433 g/mol. The van der Waals surface area contributed by atoms with E-state index in [2.05, 4.69) is 15.0 Å². The smallest absolute Gasteiger partial charge is 0.238 e. The molecule has 0 saturated carbocycles. The normalized spacial score (nSPS) is 13.0. The summed E-state index contributed by atoms with van der Waals surface area (Å²) in [5.41, 5.74) is 2.15. The van der Waals surface area contributed by atoms with E-state index >= 15 is 0 Å². The Labute approximate surface area is 175 Å². The maximum absolute atomic E-state index is 13.7. The van der Waals surface area contributed by atoms with Gasteiger partial charge in [-0.1, -0.05) is 29.4 Å². The van der Waals surface area contributed by atoms with Crippen LogP contribution < -0.4 is 5.14 Å². The fraction of sp³-hybridized carbons (Fsp3) is 0.333. The number of aryl methyl sites for hydroxylation is 2. The fourth-order valence-electron chi connectivity index (χ4n) is 3.07. The number of rotatable bonds is 8. The fourth-order valence-corrected chi connectivity index (χ4v) is 3.58. The van der Waals surface area contributed by atoms with E-state index in [4.69, 9.17) is 9.66 Å². The number of benzene rings is 2. The van der Waals surface area contributed by atoms with Crippen LogP contribution in [0.25, 0.3) is 11.4 Å². The van der Waals surface area contributed by atoms with Crippen molar-refractivity contribution in [3.8, 4) is 11.4 Å². The predicted molar refractivity (Wildman–Crippen MR) is 112 cm³/mol. The van der Waals surface area contributed by atoms with E-state index in [1.807, 2.05) is 14.0 Å². The van der Waals surface area contributed by atoms with E-state index in [0.717, 1.165) is 18.5 Å². The molecule has 0 aliphatic rings. The van der Waals surface area contributed by atoms with Crippen LogP contribution in [0.4, 0.5) is 4.39 Å². The third-order valence-electron chi connectivity index (χ3n) is 5.15. The van der Waals surface area contributed by atoms with Crippen LogP contribution in [0.3, 0.4) is 0 Å². The standard InChI is InChI=1S/C21H25FN4O3S/c1-14-6-7-17(13-19(14)22)21-24-20(29-25-21)5-4-12-26(3)15(2)16-8-10-18(11-9-16)30(23,27)28/h6-11,13,15H,4-5,12H2,1-3H3,(H2,23,27,28). The Morgan fingerprint density at radius 3 is 2.53 bits per heavy atom. The lowest BCUT2D eigenvalue weighted by atomic mass is 10.1. The third-order valence-corrected chi connectivity index (χ3v) is 6.08. The Balaban J connectivity index is 1.54. The maximum Gasteiger partial charge on any atom is 0.238 e. The predicted octanol–water partition coefficient (Wildman–Crippen LogP) is 3.46. The number of sulfonamides is 1. The minimum atomic E-state index is -3.69. The summed E-state index contributed by atoms with van der Waals surface area (Å²) in [6.45, 7) is 4.52. The van der Waals surface area contributed by atoms with Crippen molar-refractivity contribution >= 4 is 10.0 Å². The van der Waals surface area contributed by atoms with Crippen molar-refractivity contribution in [1.82, 2.24) is 15.0 Å². The summed E-state index contributed by atoms with van der Waals surface area (Å²) in [6, 6.07) is 11.5. The van der Waals surface area contributed by atoms with Gasteiger partial charge < -0.3 is 4.52 Å².